The molecule has 3 heterocycles. The molecule has 7 nitrogen and oxygen atoms in total. The highest BCUT2D eigenvalue weighted by molar-refractivity contribution is 6.29. The standard InChI is InChI=1S/C19H26ClN5O2/c20-18-22-16-15(23(18)11-14-2-1-7-21-8-14)17(26)25(10-13-5-6-13)19(27)24(16)9-12-3-4-12/h12-14,21H,1-11H2. The van der Waals surface area contributed by atoms with Crippen molar-refractivity contribution in [3.8, 4) is 0 Å². The van der Waals surface area contributed by atoms with Crippen LogP contribution in [0.4, 0.5) is 0 Å². The Morgan fingerprint density at radius 2 is 1.59 bits per heavy atom. The van der Waals surface area contributed by atoms with E-state index in [2.05, 4.69) is 10.3 Å². The molecule has 27 heavy (non-hydrogen) atoms. The quantitative estimate of drug-likeness (QED) is 0.762. The van der Waals surface area contributed by atoms with Crippen LogP contribution in [0.25, 0.3) is 11.2 Å². The third kappa shape index (κ3) is 3.36. The van der Waals surface area contributed by atoms with Crippen molar-refractivity contribution >= 4 is 22.8 Å². The van der Waals surface area contributed by atoms with Gasteiger partial charge in [-0.1, -0.05) is 0 Å². The molecular weight excluding hydrogens is 366 g/mol. The van der Waals surface area contributed by atoms with Crippen molar-refractivity contribution in [3.63, 3.8) is 0 Å². The lowest BCUT2D eigenvalue weighted by atomic mass is 10.00. The first-order chi connectivity index (χ1) is 13.1. The van der Waals surface area contributed by atoms with Crippen molar-refractivity contribution in [3.05, 3.63) is 26.1 Å². The average molecular weight is 392 g/mol. The molecule has 0 bridgehead atoms. The summed E-state index contributed by atoms with van der Waals surface area (Å²) in [6.45, 7) is 3.80. The van der Waals surface area contributed by atoms with Gasteiger partial charge in [0, 0.05) is 19.6 Å². The SMILES string of the molecule is O=c1c2c(nc(Cl)n2CC2CCCNC2)n(CC2CC2)c(=O)n1CC1CC1. The molecule has 1 saturated heterocycles. The number of rotatable bonds is 6. The van der Waals surface area contributed by atoms with Crippen molar-refractivity contribution < 1.29 is 0 Å². The van der Waals surface area contributed by atoms with Crippen LogP contribution in [-0.2, 0) is 19.6 Å². The summed E-state index contributed by atoms with van der Waals surface area (Å²) in [6.07, 6.45) is 6.71. The second kappa shape index (κ2) is 6.78. The third-order valence-corrected chi connectivity index (χ3v) is 6.47. The molecule has 1 atom stereocenters. The Kier molecular flexibility index (Phi) is 4.39. The van der Waals surface area contributed by atoms with Crippen LogP contribution < -0.4 is 16.6 Å². The van der Waals surface area contributed by atoms with E-state index in [1.165, 1.54) is 4.57 Å². The summed E-state index contributed by atoms with van der Waals surface area (Å²) in [7, 11) is 0. The molecule has 2 saturated carbocycles. The Balaban J connectivity index is 1.64. The highest BCUT2D eigenvalue weighted by atomic mass is 35.5. The van der Waals surface area contributed by atoms with Crippen LogP contribution in [-0.4, -0.2) is 31.8 Å². The molecule has 5 rings (SSSR count). The minimum absolute atomic E-state index is 0.216. The van der Waals surface area contributed by atoms with Gasteiger partial charge in [-0.2, -0.15) is 4.98 Å². The lowest BCUT2D eigenvalue weighted by Gasteiger charge is -2.23. The number of nitrogens with zero attached hydrogens (tertiary/aromatic N) is 4. The van der Waals surface area contributed by atoms with E-state index in [-0.39, 0.29) is 11.2 Å². The summed E-state index contributed by atoms with van der Waals surface area (Å²) >= 11 is 6.47. The topological polar surface area (TPSA) is 73.8 Å². The number of nitrogens with one attached hydrogen (secondary N) is 1. The highest BCUT2D eigenvalue weighted by Gasteiger charge is 2.30. The first-order valence-electron chi connectivity index (χ1n) is 10.2. The third-order valence-electron chi connectivity index (χ3n) is 6.18. The molecule has 0 aromatic carbocycles. The molecule has 0 radical (unpaired) electrons. The largest absolute Gasteiger partial charge is 0.332 e. The maximum absolute atomic E-state index is 13.3. The van der Waals surface area contributed by atoms with Crippen LogP contribution in [0.15, 0.2) is 9.59 Å². The van der Waals surface area contributed by atoms with Gasteiger partial charge in [0.05, 0.1) is 0 Å². The number of hydrogen-bond donors (Lipinski definition) is 1. The fourth-order valence-corrected chi connectivity index (χ4v) is 4.44. The zero-order valence-corrected chi connectivity index (χ0v) is 16.2. The van der Waals surface area contributed by atoms with Crippen LogP contribution in [0.5, 0.6) is 0 Å². The van der Waals surface area contributed by atoms with E-state index in [1.54, 1.807) is 4.57 Å². The normalized spacial score (nSPS) is 23.2. The highest BCUT2D eigenvalue weighted by Crippen LogP contribution is 2.32. The molecular formula is C19H26ClN5O2. The van der Waals surface area contributed by atoms with E-state index < -0.39 is 0 Å². The van der Waals surface area contributed by atoms with Gasteiger partial charge in [0.1, 0.15) is 0 Å². The summed E-state index contributed by atoms with van der Waals surface area (Å²) in [4.78, 5) is 30.8. The summed E-state index contributed by atoms with van der Waals surface area (Å²) in [5, 5.41) is 3.73. The Morgan fingerprint density at radius 3 is 2.22 bits per heavy atom. The molecule has 2 aromatic heterocycles. The van der Waals surface area contributed by atoms with Gasteiger partial charge in [-0.25, -0.2) is 4.79 Å². The second-order valence-corrected chi connectivity index (χ2v) is 8.91. The van der Waals surface area contributed by atoms with E-state index in [4.69, 9.17) is 11.6 Å². The fraction of sp³-hybridized carbons (Fsp3) is 0.737. The molecule has 146 valence electrons. The molecule has 0 spiro atoms. The zero-order chi connectivity index (χ0) is 18.5. The Hall–Kier alpha value is -1.60. The van der Waals surface area contributed by atoms with Gasteiger partial charge in [-0.15, -0.1) is 0 Å². The Morgan fingerprint density at radius 1 is 0.926 bits per heavy atom. The number of fused-ring (bicyclic) bond motifs is 1. The van der Waals surface area contributed by atoms with Gasteiger partial charge in [-0.05, 0) is 81.0 Å². The van der Waals surface area contributed by atoms with E-state index in [0.29, 0.717) is 53.8 Å². The van der Waals surface area contributed by atoms with Crippen molar-refractivity contribution in [1.82, 2.24) is 24.0 Å². The summed E-state index contributed by atoms with van der Waals surface area (Å²) in [5.74, 6) is 1.40. The van der Waals surface area contributed by atoms with Gasteiger partial charge in [-0.3, -0.25) is 13.9 Å². The summed E-state index contributed by atoms with van der Waals surface area (Å²) < 4.78 is 5.00. The van der Waals surface area contributed by atoms with Gasteiger partial charge in [0.25, 0.3) is 5.56 Å². The number of imidazole rings is 1. The van der Waals surface area contributed by atoms with Crippen molar-refractivity contribution in [2.75, 3.05) is 13.1 Å². The van der Waals surface area contributed by atoms with E-state index >= 15 is 0 Å². The van der Waals surface area contributed by atoms with Gasteiger partial charge in [0.2, 0.25) is 5.28 Å². The molecule has 3 fully saturated rings. The van der Waals surface area contributed by atoms with Crippen LogP contribution in [0, 0.1) is 17.8 Å². The first-order valence-corrected chi connectivity index (χ1v) is 10.6. The molecule has 1 aliphatic heterocycles. The molecule has 2 aliphatic carbocycles. The average Bonchev–Trinajstić information content (AvgIpc) is 3.58. The van der Waals surface area contributed by atoms with Crippen molar-refractivity contribution in [2.24, 2.45) is 17.8 Å². The lowest BCUT2D eigenvalue weighted by Crippen LogP contribution is -2.41. The molecule has 1 N–H and O–H groups in total. The van der Waals surface area contributed by atoms with Gasteiger partial charge >= 0.3 is 5.69 Å². The molecule has 8 heteroatoms. The van der Waals surface area contributed by atoms with Gasteiger partial charge in [0.15, 0.2) is 11.2 Å². The van der Waals surface area contributed by atoms with Crippen molar-refractivity contribution in [2.45, 2.75) is 58.2 Å². The monoisotopic (exact) mass is 391 g/mol. The maximum Gasteiger partial charge on any atom is 0.332 e. The van der Waals surface area contributed by atoms with Crippen LogP contribution in [0.2, 0.25) is 5.28 Å². The minimum Gasteiger partial charge on any atom is -0.316 e. The smallest absolute Gasteiger partial charge is 0.316 e. The molecule has 3 aliphatic rings. The predicted octanol–water partition coefficient (Wildman–Crippen LogP) is 1.83. The molecule has 2 aromatic rings. The fourth-order valence-electron chi connectivity index (χ4n) is 4.21. The molecule has 0 amide bonds. The van der Waals surface area contributed by atoms with Crippen LogP contribution in [0.1, 0.15) is 38.5 Å². The zero-order valence-electron chi connectivity index (χ0n) is 15.5. The first kappa shape index (κ1) is 17.5. The van der Waals surface area contributed by atoms with E-state index in [9.17, 15) is 9.59 Å². The summed E-state index contributed by atoms with van der Waals surface area (Å²) in [5.41, 5.74) is 0.535. The summed E-state index contributed by atoms with van der Waals surface area (Å²) in [6, 6.07) is 0. The molecule has 1 unspecified atom stereocenters. The van der Waals surface area contributed by atoms with E-state index in [1.807, 2.05) is 4.57 Å². The van der Waals surface area contributed by atoms with Gasteiger partial charge < -0.3 is 9.88 Å². The number of hydrogen-bond acceptors (Lipinski definition) is 4. The number of aromatic nitrogens is 4. The Bertz CT molecular complexity index is 977. The maximum atomic E-state index is 13.3. The lowest BCUT2D eigenvalue weighted by molar-refractivity contribution is 0.340. The second-order valence-electron chi connectivity index (χ2n) is 8.57. The Labute approximate surface area is 162 Å². The predicted molar refractivity (Wildman–Crippen MR) is 104 cm³/mol. The minimum atomic E-state index is -0.225. The van der Waals surface area contributed by atoms with Crippen LogP contribution >= 0.6 is 11.6 Å². The number of piperidine rings is 1. The van der Waals surface area contributed by atoms with Crippen molar-refractivity contribution in [1.29, 1.82) is 0 Å². The number of halogens is 1. The van der Waals surface area contributed by atoms with E-state index in [0.717, 1.165) is 51.6 Å². The van der Waals surface area contributed by atoms with Crippen LogP contribution in [0.3, 0.4) is 0 Å².